The van der Waals surface area contributed by atoms with Crippen molar-refractivity contribution >= 4 is 22.0 Å². The van der Waals surface area contributed by atoms with Crippen molar-refractivity contribution < 1.29 is 22.7 Å². The first-order valence-electron chi connectivity index (χ1n) is 9.84. The van der Waals surface area contributed by atoms with Crippen LogP contribution in [0.4, 0.5) is 4.79 Å². The van der Waals surface area contributed by atoms with Gasteiger partial charge in [-0.2, -0.15) is 4.31 Å². The molecule has 1 aromatic carbocycles. The highest BCUT2D eigenvalue weighted by molar-refractivity contribution is 7.88. The molecule has 2 N–H and O–H groups in total. The van der Waals surface area contributed by atoms with Crippen LogP contribution in [0.2, 0.25) is 0 Å². The number of rotatable bonds is 11. The van der Waals surface area contributed by atoms with Crippen LogP contribution in [0.15, 0.2) is 54.9 Å². The Labute approximate surface area is 182 Å². The summed E-state index contributed by atoms with van der Waals surface area (Å²) in [5.41, 5.74) is 1.63. The van der Waals surface area contributed by atoms with Gasteiger partial charge in [0, 0.05) is 32.0 Å². The third-order valence-corrected chi connectivity index (χ3v) is 5.62. The number of amides is 2. The van der Waals surface area contributed by atoms with Gasteiger partial charge in [0.1, 0.15) is 12.6 Å². The molecule has 9 nitrogen and oxygen atoms in total. The number of carbonyl (C=O) groups excluding carboxylic acids is 2. The summed E-state index contributed by atoms with van der Waals surface area (Å²) in [5.74, 6) is -0.380. The van der Waals surface area contributed by atoms with Gasteiger partial charge in [0.2, 0.25) is 15.9 Å². The highest BCUT2D eigenvalue weighted by Gasteiger charge is 2.18. The van der Waals surface area contributed by atoms with E-state index in [9.17, 15) is 18.0 Å². The number of aromatic nitrogens is 1. The van der Waals surface area contributed by atoms with Crippen LogP contribution in [-0.4, -0.2) is 55.1 Å². The second kappa shape index (κ2) is 12.0. The number of nitrogens with one attached hydrogen (secondary N) is 2. The van der Waals surface area contributed by atoms with Crippen molar-refractivity contribution in [2.75, 3.05) is 19.3 Å². The molecule has 2 amide bonds. The van der Waals surface area contributed by atoms with Crippen LogP contribution in [0.3, 0.4) is 0 Å². The number of ether oxygens (including phenoxy) is 1. The Bertz CT molecular complexity index is 939. The zero-order chi connectivity index (χ0) is 22.7. The molecule has 0 aliphatic carbocycles. The second-order valence-corrected chi connectivity index (χ2v) is 9.01. The minimum atomic E-state index is -3.41. The van der Waals surface area contributed by atoms with Gasteiger partial charge in [-0.25, -0.2) is 13.2 Å². The Kier molecular flexibility index (Phi) is 9.41. The third-order valence-electron chi connectivity index (χ3n) is 4.37. The molecule has 168 valence electrons. The van der Waals surface area contributed by atoms with Gasteiger partial charge in [-0.1, -0.05) is 36.4 Å². The first-order valence-corrected chi connectivity index (χ1v) is 11.7. The molecule has 1 aromatic heterocycles. The molecule has 1 unspecified atom stereocenters. The number of hydrogen-bond acceptors (Lipinski definition) is 6. The van der Waals surface area contributed by atoms with E-state index < -0.39 is 22.2 Å². The Morgan fingerprint density at radius 2 is 1.84 bits per heavy atom. The quantitative estimate of drug-likeness (QED) is 0.505. The van der Waals surface area contributed by atoms with Crippen LogP contribution < -0.4 is 10.6 Å². The van der Waals surface area contributed by atoms with Crippen molar-refractivity contribution in [2.24, 2.45) is 0 Å². The summed E-state index contributed by atoms with van der Waals surface area (Å²) in [6, 6.07) is 12.0. The lowest BCUT2D eigenvalue weighted by atomic mass is 10.2. The van der Waals surface area contributed by atoms with E-state index in [1.54, 1.807) is 31.5 Å². The number of sulfonamides is 1. The van der Waals surface area contributed by atoms with Gasteiger partial charge in [-0.05, 0) is 30.5 Å². The molecule has 0 saturated heterocycles. The molecule has 0 aliphatic rings. The Morgan fingerprint density at radius 1 is 1.13 bits per heavy atom. The van der Waals surface area contributed by atoms with Crippen LogP contribution in [0.25, 0.3) is 0 Å². The van der Waals surface area contributed by atoms with Gasteiger partial charge in [0.05, 0.1) is 6.26 Å². The molecule has 2 aromatic rings. The molecule has 1 heterocycles. The van der Waals surface area contributed by atoms with E-state index >= 15 is 0 Å². The van der Waals surface area contributed by atoms with Crippen LogP contribution in [0, 0.1) is 0 Å². The maximum atomic E-state index is 12.2. The van der Waals surface area contributed by atoms with E-state index in [1.165, 1.54) is 4.31 Å². The highest BCUT2D eigenvalue weighted by Crippen LogP contribution is 2.08. The average Bonchev–Trinajstić information content (AvgIpc) is 2.75. The standard InChI is InChI=1S/C21H28N4O5S/c1-17(24-21(27)30-16-18-8-4-3-5-9-18)20(26)23-12-7-13-25(31(2,28)29)15-19-10-6-11-22-14-19/h3-6,8-11,14,17H,7,12-13,15-16H2,1-2H3,(H,23,26)(H,24,27). The lowest BCUT2D eigenvalue weighted by Crippen LogP contribution is -2.45. The lowest BCUT2D eigenvalue weighted by molar-refractivity contribution is -0.122. The molecule has 0 radical (unpaired) electrons. The molecular formula is C21H28N4O5S. The number of nitrogens with zero attached hydrogens (tertiary/aromatic N) is 2. The Morgan fingerprint density at radius 3 is 2.48 bits per heavy atom. The topological polar surface area (TPSA) is 118 Å². The minimum Gasteiger partial charge on any atom is -0.445 e. The fourth-order valence-electron chi connectivity index (χ4n) is 2.68. The molecule has 0 aliphatic heterocycles. The maximum Gasteiger partial charge on any atom is 0.408 e. The third kappa shape index (κ3) is 9.14. The summed E-state index contributed by atoms with van der Waals surface area (Å²) in [6.07, 6.45) is 4.12. The van der Waals surface area contributed by atoms with Crippen molar-refractivity contribution in [1.82, 2.24) is 19.9 Å². The van der Waals surface area contributed by atoms with E-state index in [2.05, 4.69) is 15.6 Å². The summed E-state index contributed by atoms with van der Waals surface area (Å²) >= 11 is 0. The summed E-state index contributed by atoms with van der Waals surface area (Å²) in [6.45, 7) is 2.38. The number of alkyl carbamates (subject to hydrolysis) is 1. The molecular weight excluding hydrogens is 420 g/mol. The van der Waals surface area contributed by atoms with E-state index in [0.717, 1.165) is 17.4 Å². The maximum absolute atomic E-state index is 12.2. The van der Waals surface area contributed by atoms with E-state index in [4.69, 9.17) is 4.74 Å². The molecule has 0 fully saturated rings. The second-order valence-electron chi connectivity index (χ2n) is 7.03. The zero-order valence-electron chi connectivity index (χ0n) is 17.7. The molecule has 0 bridgehead atoms. The van der Waals surface area contributed by atoms with Crippen LogP contribution in [0.1, 0.15) is 24.5 Å². The fraction of sp³-hybridized carbons (Fsp3) is 0.381. The van der Waals surface area contributed by atoms with Gasteiger partial charge in [0.25, 0.3) is 0 Å². The predicted molar refractivity (Wildman–Crippen MR) is 116 cm³/mol. The molecule has 2 rings (SSSR count). The van der Waals surface area contributed by atoms with Crippen LogP contribution >= 0.6 is 0 Å². The van der Waals surface area contributed by atoms with Gasteiger partial charge in [-0.15, -0.1) is 0 Å². The lowest BCUT2D eigenvalue weighted by Gasteiger charge is -2.20. The Hall–Kier alpha value is -2.98. The minimum absolute atomic E-state index is 0.110. The first-order chi connectivity index (χ1) is 14.8. The summed E-state index contributed by atoms with van der Waals surface area (Å²) in [5, 5.41) is 5.16. The SMILES string of the molecule is CC(NC(=O)OCc1ccccc1)C(=O)NCCCN(Cc1cccnc1)S(C)(=O)=O. The summed E-state index contributed by atoms with van der Waals surface area (Å²) in [4.78, 5) is 28.0. The summed E-state index contributed by atoms with van der Waals surface area (Å²) in [7, 11) is -3.41. The first kappa shape index (κ1) is 24.3. The normalized spacial score (nSPS) is 12.2. The number of pyridine rings is 1. The van der Waals surface area contributed by atoms with Crippen molar-refractivity contribution in [3.8, 4) is 0 Å². The highest BCUT2D eigenvalue weighted by atomic mass is 32.2. The molecule has 0 spiro atoms. The van der Waals surface area contributed by atoms with E-state index in [-0.39, 0.29) is 32.1 Å². The number of hydrogen-bond donors (Lipinski definition) is 2. The van der Waals surface area contributed by atoms with Crippen LogP contribution in [0.5, 0.6) is 0 Å². The monoisotopic (exact) mass is 448 g/mol. The smallest absolute Gasteiger partial charge is 0.408 e. The molecule has 1 atom stereocenters. The van der Waals surface area contributed by atoms with Crippen molar-refractivity contribution in [1.29, 1.82) is 0 Å². The molecule has 0 saturated carbocycles. The van der Waals surface area contributed by atoms with Gasteiger partial charge in [-0.3, -0.25) is 9.78 Å². The van der Waals surface area contributed by atoms with Gasteiger partial charge >= 0.3 is 6.09 Å². The number of benzene rings is 1. The van der Waals surface area contributed by atoms with Crippen molar-refractivity contribution in [2.45, 2.75) is 32.5 Å². The summed E-state index contributed by atoms with van der Waals surface area (Å²) < 4.78 is 30.5. The van der Waals surface area contributed by atoms with Crippen LogP contribution in [-0.2, 0) is 32.7 Å². The molecule has 31 heavy (non-hydrogen) atoms. The van der Waals surface area contributed by atoms with Crippen molar-refractivity contribution in [3.05, 3.63) is 66.0 Å². The van der Waals surface area contributed by atoms with Gasteiger partial charge in [0.15, 0.2) is 0 Å². The Balaban J connectivity index is 1.71. The number of carbonyl (C=O) groups is 2. The fourth-order valence-corrected chi connectivity index (χ4v) is 3.53. The predicted octanol–water partition coefficient (Wildman–Crippen LogP) is 1.66. The van der Waals surface area contributed by atoms with Gasteiger partial charge < -0.3 is 15.4 Å². The van der Waals surface area contributed by atoms with E-state index in [0.29, 0.717) is 6.42 Å². The largest absolute Gasteiger partial charge is 0.445 e. The van der Waals surface area contributed by atoms with Crippen molar-refractivity contribution in [3.63, 3.8) is 0 Å². The zero-order valence-corrected chi connectivity index (χ0v) is 18.5. The molecule has 10 heteroatoms. The van der Waals surface area contributed by atoms with E-state index in [1.807, 2.05) is 30.3 Å². The average molecular weight is 449 g/mol.